The Bertz CT molecular complexity index is 2420. The van der Waals surface area contributed by atoms with Gasteiger partial charge in [-0.3, -0.25) is 0 Å². The molecule has 272 valence electrons. The fourth-order valence-corrected chi connectivity index (χ4v) is 7.75. The van der Waals surface area contributed by atoms with Gasteiger partial charge in [0.15, 0.2) is 0 Å². The van der Waals surface area contributed by atoms with Crippen molar-refractivity contribution >= 4 is 38.9 Å². The molecular formula is C47H47N4OPt-. The van der Waals surface area contributed by atoms with Gasteiger partial charge >= 0.3 is 0 Å². The van der Waals surface area contributed by atoms with Crippen molar-refractivity contribution in [1.82, 2.24) is 9.55 Å². The average Bonchev–Trinajstić information content (AvgIpc) is 3.71. The van der Waals surface area contributed by atoms with E-state index >= 15 is 0 Å². The summed E-state index contributed by atoms with van der Waals surface area (Å²) in [5, 5.41) is 6.44. The van der Waals surface area contributed by atoms with Crippen LogP contribution < -0.4 is 10.1 Å². The molecule has 1 N–H and O–H groups in total. The number of pyridine rings is 1. The molecule has 0 atom stereocenters. The van der Waals surface area contributed by atoms with E-state index < -0.39 is 5.41 Å². The fraction of sp³-hybridized carbons (Fsp3) is 0.255. The summed E-state index contributed by atoms with van der Waals surface area (Å²) in [5.41, 5.74) is 12.2. The van der Waals surface area contributed by atoms with Crippen LogP contribution in [0.3, 0.4) is 0 Å². The minimum atomic E-state index is -0.403. The second kappa shape index (κ2) is 14.3. The van der Waals surface area contributed by atoms with E-state index in [-0.39, 0.29) is 27.1 Å². The first kappa shape index (κ1) is 36.6. The monoisotopic (exact) mass is 878 g/mol. The van der Waals surface area contributed by atoms with Crippen LogP contribution in [0, 0.1) is 12.1 Å². The number of hydrogen-bond donors (Lipinski definition) is 0. The van der Waals surface area contributed by atoms with E-state index in [1.165, 1.54) is 27.6 Å². The molecule has 0 spiro atoms. The van der Waals surface area contributed by atoms with Crippen LogP contribution in [0.1, 0.15) is 89.5 Å². The molecule has 0 amide bonds. The quantitative estimate of drug-likeness (QED) is 0.113. The topological polar surface area (TPSA) is 37.1 Å². The SMILES string of the molecule is CC(C)c1cccc(C(C)C)c1-c1ccnc(-n2c3[c-]c(C(C)(C)c4[c-]c(N5[OH+]N(C(C)C)c6ccccc65)ccc4)ccc3c3ccccc32)c1.[Pt]. The molecule has 0 bridgehead atoms. The molecule has 0 fully saturated rings. The smallest absolute Gasteiger partial charge is 0.145 e. The van der Waals surface area contributed by atoms with E-state index in [4.69, 9.17) is 9.92 Å². The standard InChI is InChI=1S/C47H46N4O.Pt/c1-30(2)37-18-14-19-38(31(3)4)46(37)33-25-26-48-45(27-33)49-41-20-10-9-17-39(41)40-24-23-35(29-44(40)49)47(7,8)34-15-13-16-36(28-34)51-43-22-12-11-21-42(43)50(52-51)32(5)6;/h9-27,30-32H,1-8H3;/q-2;/p+1. The number of hydrogen-bond acceptors (Lipinski definition) is 3. The van der Waals surface area contributed by atoms with Crippen molar-refractivity contribution in [2.24, 2.45) is 0 Å². The molecule has 0 unspecified atom stereocenters. The number of aromatic nitrogens is 2. The largest absolute Gasteiger partial charge is 0.319 e. The summed E-state index contributed by atoms with van der Waals surface area (Å²) in [6.07, 6.45) is 1.96. The number of nitrogens with zero attached hydrogens (tertiary/aromatic N) is 4. The maximum Gasteiger partial charge on any atom is 0.145 e. The third kappa shape index (κ3) is 6.28. The van der Waals surface area contributed by atoms with Crippen LogP contribution in [0.5, 0.6) is 0 Å². The first-order valence-corrected chi connectivity index (χ1v) is 18.5. The Hall–Kier alpha value is -4.70. The molecule has 2 aromatic heterocycles. The number of fused-ring (bicyclic) bond motifs is 4. The van der Waals surface area contributed by atoms with E-state index in [2.05, 4.69) is 186 Å². The van der Waals surface area contributed by atoms with Crippen molar-refractivity contribution in [1.29, 1.82) is 0 Å². The summed E-state index contributed by atoms with van der Waals surface area (Å²) in [6.45, 7) is 18.0. The van der Waals surface area contributed by atoms with Crippen LogP contribution in [-0.2, 0) is 26.5 Å². The molecular weight excluding hydrogens is 832 g/mol. The molecule has 8 rings (SSSR count). The summed E-state index contributed by atoms with van der Waals surface area (Å²) in [7, 11) is 0. The van der Waals surface area contributed by atoms with Gasteiger partial charge in [0.25, 0.3) is 0 Å². The average molecular weight is 879 g/mol. The van der Waals surface area contributed by atoms with Crippen LogP contribution in [0.2, 0.25) is 0 Å². The summed E-state index contributed by atoms with van der Waals surface area (Å²) in [4.78, 5) is 10.0. The fourth-order valence-electron chi connectivity index (χ4n) is 7.75. The van der Waals surface area contributed by atoms with Crippen molar-refractivity contribution in [2.45, 2.75) is 78.7 Å². The predicted molar refractivity (Wildman–Crippen MR) is 216 cm³/mol. The van der Waals surface area contributed by atoms with E-state index in [9.17, 15) is 0 Å². The molecule has 1 aliphatic rings. The van der Waals surface area contributed by atoms with Gasteiger partial charge in [-0.2, -0.15) is 46.4 Å². The molecule has 6 heteroatoms. The zero-order valence-electron chi connectivity index (χ0n) is 31.8. The molecule has 5 nitrogen and oxygen atoms in total. The van der Waals surface area contributed by atoms with Crippen molar-refractivity contribution in [3.63, 3.8) is 0 Å². The Labute approximate surface area is 328 Å². The number of rotatable bonds is 8. The Morgan fingerprint density at radius 3 is 2.04 bits per heavy atom. The summed E-state index contributed by atoms with van der Waals surface area (Å²) >= 11 is 0. The van der Waals surface area contributed by atoms with Crippen LogP contribution >= 0.6 is 0 Å². The molecule has 1 aliphatic heterocycles. The molecule has 7 aromatic rings. The van der Waals surface area contributed by atoms with Gasteiger partial charge in [-0.1, -0.05) is 95.6 Å². The third-order valence-electron chi connectivity index (χ3n) is 10.6. The minimum Gasteiger partial charge on any atom is -0.319 e. The third-order valence-corrected chi connectivity index (χ3v) is 10.6. The molecule has 0 radical (unpaired) electrons. The van der Waals surface area contributed by atoms with Gasteiger partial charge < -0.3 is 4.57 Å². The van der Waals surface area contributed by atoms with Gasteiger partial charge in [-0.05, 0) is 89.1 Å². The van der Waals surface area contributed by atoms with E-state index in [0.29, 0.717) is 11.8 Å². The van der Waals surface area contributed by atoms with Gasteiger partial charge in [0.05, 0.1) is 6.04 Å². The second-order valence-corrected chi connectivity index (χ2v) is 15.4. The van der Waals surface area contributed by atoms with Crippen LogP contribution in [0.25, 0.3) is 38.8 Å². The van der Waals surface area contributed by atoms with Crippen LogP contribution in [-0.4, -0.2) is 20.5 Å². The zero-order chi connectivity index (χ0) is 36.3. The van der Waals surface area contributed by atoms with E-state index in [0.717, 1.165) is 50.4 Å². The first-order valence-electron chi connectivity index (χ1n) is 18.5. The van der Waals surface area contributed by atoms with E-state index in [1.807, 2.05) is 11.3 Å². The molecule has 3 heterocycles. The summed E-state index contributed by atoms with van der Waals surface area (Å²) < 4.78 is 2.29. The number of benzene rings is 5. The maximum atomic E-state index is 5.02. The number of para-hydroxylation sites is 3. The van der Waals surface area contributed by atoms with E-state index in [1.54, 1.807) is 0 Å². The Kier molecular flexibility index (Phi) is 9.87. The van der Waals surface area contributed by atoms with Gasteiger partial charge in [-0.25, -0.2) is 4.98 Å². The number of anilines is 3. The zero-order valence-corrected chi connectivity index (χ0v) is 34.0. The minimum absolute atomic E-state index is 0. The molecule has 0 saturated carbocycles. The number of hydroxylamine groups is 1. The van der Waals surface area contributed by atoms with Gasteiger partial charge in [0, 0.05) is 38.5 Å². The predicted octanol–water partition coefficient (Wildman–Crippen LogP) is 12.2. The molecule has 0 aliphatic carbocycles. The first-order chi connectivity index (χ1) is 25.0. The van der Waals surface area contributed by atoms with Crippen LogP contribution in [0.4, 0.5) is 17.1 Å². The summed E-state index contributed by atoms with van der Waals surface area (Å²) in [6, 6.07) is 47.0. The molecule has 0 saturated heterocycles. The van der Waals surface area contributed by atoms with Crippen molar-refractivity contribution in [3.8, 4) is 16.9 Å². The Morgan fingerprint density at radius 2 is 1.32 bits per heavy atom. The van der Waals surface area contributed by atoms with Crippen molar-refractivity contribution < 1.29 is 26.0 Å². The molecule has 53 heavy (non-hydrogen) atoms. The second-order valence-electron chi connectivity index (χ2n) is 15.4. The Balaban J connectivity index is 0.00000435. The maximum absolute atomic E-state index is 5.02. The molecule has 5 aromatic carbocycles. The normalized spacial score (nSPS) is 13.1. The van der Waals surface area contributed by atoms with Crippen LogP contribution in [0.15, 0.2) is 115 Å². The summed E-state index contributed by atoms with van der Waals surface area (Å²) in [5.74, 6) is 1.69. The van der Waals surface area contributed by atoms with Gasteiger partial charge in [-0.15, -0.1) is 27.6 Å². The van der Waals surface area contributed by atoms with Gasteiger partial charge in [0.2, 0.25) is 0 Å². The van der Waals surface area contributed by atoms with Gasteiger partial charge in [0.1, 0.15) is 17.2 Å². The van der Waals surface area contributed by atoms with Crippen molar-refractivity contribution in [3.05, 3.63) is 150 Å². The van der Waals surface area contributed by atoms with Crippen molar-refractivity contribution in [2.75, 3.05) is 10.1 Å². The Morgan fingerprint density at radius 1 is 0.660 bits per heavy atom.